The van der Waals surface area contributed by atoms with Crippen molar-refractivity contribution in [3.05, 3.63) is 24.3 Å². The molecule has 0 aromatic carbocycles. The summed E-state index contributed by atoms with van der Waals surface area (Å²) >= 11 is 0. The second-order valence-corrected chi connectivity index (χ2v) is 17.3. The van der Waals surface area contributed by atoms with Gasteiger partial charge in [0, 0.05) is 13.0 Å². The van der Waals surface area contributed by atoms with E-state index in [1.807, 2.05) is 0 Å². The van der Waals surface area contributed by atoms with Crippen LogP contribution in [0.5, 0.6) is 0 Å². The number of hydrogen-bond donors (Lipinski definition) is 4. The third-order valence-electron chi connectivity index (χ3n) is 11.6. The van der Waals surface area contributed by atoms with E-state index in [0.717, 1.165) is 44.9 Å². The molecule has 9 heteroatoms. The van der Waals surface area contributed by atoms with Crippen LogP contribution >= 0.6 is 0 Å². The van der Waals surface area contributed by atoms with Crippen molar-refractivity contribution in [1.29, 1.82) is 0 Å². The fourth-order valence-corrected chi connectivity index (χ4v) is 7.66. The predicted molar refractivity (Wildman–Crippen MR) is 242 cm³/mol. The normalized spacial score (nSPS) is 20.3. The van der Waals surface area contributed by atoms with Gasteiger partial charge < -0.3 is 39.4 Å². The fourth-order valence-electron chi connectivity index (χ4n) is 7.66. The van der Waals surface area contributed by atoms with Gasteiger partial charge in [-0.1, -0.05) is 179 Å². The summed E-state index contributed by atoms with van der Waals surface area (Å²) in [6, 6.07) is 0. The molecule has 59 heavy (non-hydrogen) atoms. The number of rotatable bonds is 43. The number of aliphatic hydroxyl groups is 4. The summed E-state index contributed by atoms with van der Waals surface area (Å²) in [7, 11) is 0. The highest BCUT2D eigenvalue weighted by Crippen LogP contribution is 2.23. The highest BCUT2D eigenvalue weighted by atomic mass is 16.7. The third-order valence-corrected chi connectivity index (χ3v) is 11.6. The Hall–Kier alpha value is -1.33. The summed E-state index contributed by atoms with van der Waals surface area (Å²) in [5.41, 5.74) is 0. The zero-order valence-electron chi connectivity index (χ0n) is 38.3. The lowest BCUT2D eigenvalue weighted by Gasteiger charge is -2.39. The Bertz CT molecular complexity index is 957. The van der Waals surface area contributed by atoms with Crippen molar-refractivity contribution in [1.82, 2.24) is 0 Å². The van der Waals surface area contributed by atoms with Crippen molar-refractivity contribution in [2.75, 3.05) is 26.4 Å². The standard InChI is InChI=1S/C50H94O9/c1-3-5-7-9-11-13-15-17-19-21-22-23-24-26-28-30-32-34-36-38-40-56-42-44(43-57-50-49(55)48(54)47(53)45(41-51)59-50)58-46(52)39-37-35-33-31-29-27-25-20-18-16-14-12-10-8-6-4-2/h17,19-20,25,44-45,47-51,53-55H,3-16,18,21-24,26-43H2,1-2H3/b19-17-,25-20-. The summed E-state index contributed by atoms with van der Waals surface area (Å²) in [6.45, 7) is 4.57. The first-order chi connectivity index (χ1) is 28.9. The average molecular weight is 839 g/mol. The van der Waals surface area contributed by atoms with Crippen LogP contribution in [0, 0.1) is 0 Å². The van der Waals surface area contributed by atoms with E-state index in [2.05, 4.69) is 38.2 Å². The van der Waals surface area contributed by atoms with E-state index in [-0.39, 0.29) is 19.2 Å². The van der Waals surface area contributed by atoms with Gasteiger partial charge in [0.15, 0.2) is 6.29 Å². The molecule has 1 rings (SSSR count). The first kappa shape index (κ1) is 55.7. The molecule has 0 aromatic rings. The van der Waals surface area contributed by atoms with E-state index in [4.69, 9.17) is 18.9 Å². The summed E-state index contributed by atoms with van der Waals surface area (Å²) in [5, 5.41) is 40.2. The van der Waals surface area contributed by atoms with Crippen LogP contribution in [0.1, 0.15) is 226 Å². The maximum absolute atomic E-state index is 12.8. The Morgan fingerprint density at radius 3 is 1.37 bits per heavy atom. The largest absolute Gasteiger partial charge is 0.457 e. The fraction of sp³-hybridized carbons (Fsp3) is 0.900. The maximum atomic E-state index is 12.8. The molecule has 1 aliphatic rings. The summed E-state index contributed by atoms with van der Waals surface area (Å²) in [4.78, 5) is 12.8. The lowest BCUT2D eigenvalue weighted by atomic mass is 9.99. The first-order valence-corrected chi connectivity index (χ1v) is 24.9. The Kier molecular flexibility index (Phi) is 39.6. The Morgan fingerprint density at radius 1 is 0.525 bits per heavy atom. The van der Waals surface area contributed by atoms with E-state index < -0.39 is 43.4 Å². The van der Waals surface area contributed by atoms with Gasteiger partial charge in [0.1, 0.15) is 30.5 Å². The molecule has 6 atom stereocenters. The summed E-state index contributed by atoms with van der Waals surface area (Å²) in [5.74, 6) is -0.320. The van der Waals surface area contributed by atoms with Crippen LogP contribution in [0.2, 0.25) is 0 Å². The quantitative estimate of drug-likeness (QED) is 0.0269. The predicted octanol–water partition coefficient (Wildman–Crippen LogP) is 11.8. The van der Waals surface area contributed by atoms with Crippen molar-refractivity contribution >= 4 is 5.97 Å². The highest BCUT2D eigenvalue weighted by Gasteiger charge is 2.44. The molecule has 1 fully saturated rings. The van der Waals surface area contributed by atoms with Crippen LogP contribution in [0.25, 0.3) is 0 Å². The van der Waals surface area contributed by atoms with Crippen molar-refractivity contribution in [2.45, 2.75) is 263 Å². The average Bonchev–Trinajstić information content (AvgIpc) is 3.24. The van der Waals surface area contributed by atoms with Crippen molar-refractivity contribution in [3.8, 4) is 0 Å². The minimum absolute atomic E-state index is 0.114. The van der Waals surface area contributed by atoms with Crippen molar-refractivity contribution in [2.24, 2.45) is 0 Å². The molecule has 0 aromatic heterocycles. The molecule has 9 nitrogen and oxygen atoms in total. The highest BCUT2D eigenvalue weighted by molar-refractivity contribution is 5.69. The van der Waals surface area contributed by atoms with Crippen LogP contribution in [-0.4, -0.2) is 89.6 Å². The smallest absolute Gasteiger partial charge is 0.306 e. The van der Waals surface area contributed by atoms with Crippen LogP contribution in [-0.2, 0) is 23.7 Å². The molecule has 0 bridgehead atoms. The Balaban J connectivity index is 2.21. The zero-order valence-corrected chi connectivity index (χ0v) is 38.3. The van der Waals surface area contributed by atoms with Gasteiger partial charge in [-0.3, -0.25) is 4.79 Å². The van der Waals surface area contributed by atoms with Gasteiger partial charge in [-0.2, -0.15) is 0 Å². The first-order valence-electron chi connectivity index (χ1n) is 24.9. The monoisotopic (exact) mass is 839 g/mol. The van der Waals surface area contributed by atoms with Gasteiger partial charge in [-0.25, -0.2) is 0 Å². The molecular formula is C50H94O9. The number of aliphatic hydroxyl groups excluding tert-OH is 4. The number of carbonyl (C=O) groups is 1. The molecule has 1 heterocycles. The van der Waals surface area contributed by atoms with Crippen LogP contribution in [0.3, 0.4) is 0 Å². The van der Waals surface area contributed by atoms with Crippen molar-refractivity contribution in [3.63, 3.8) is 0 Å². The number of ether oxygens (including phenoxy) is 4. The molecular weight excluding hydrogens is 745 g/mol. The van der Waals surface area contributed by atoms with Gasteiger partial charge in [0.05, 0.1) is 19.8 Å². The molecule has 348 valence electrons. The zero-order chi connectivity index (χ0) is 42.9. The van der Waals surface area contributed by atoms with E-state index in [9.17, 15) is 25.2 Å². The SMILES string of the molecule is CCCCCCCC/C=C\CCCCCCCCCCCCOCC(COC1OC(CO)C(O)C(O)C1O)OC(=O)CCCCCCC/C=C\CCCCCCCCC. The number of carbonyl (C=O) groups excluding carboxylic acids is 1. The molecule has 0 radical (unpaired) electrons. The maximum Gasteiger partial charge on any atom is 0.306 e. The number of hydrogen-bond acceptors (Lipinski definition) is 9. The third kappa shape index (κ3) is 33.0. The second kappa shape index (κ2) is 42.0. The molecule has 0 aliphatic carbocycles. The summed E-state index contributed by atoms with van der Waals surface area (Å²) < 4.78 is 22.9. The molecule has 4 N–H and O–H groups in total. The Morgan fingerprint density at radius 2 is 0.932 bits per heavy atom. The van der Waals surface area contributed by atoms with E-state index >= 15 is 0 Å². The van der Waals surface area contributed by atoms with Crippen LogP contribution in [0.4, 0.5) is 0 Å². The van der Waals surface area contributed by atoms with Gasteiger partial charge in [0.25, 0.3) is 0 Å². The summed E-state index contributed by atoms with van der Waals surface area (Å²) in [6.07, 6.45) is 42.1. The minimum atomic E-state index is -1.54. The lowest BCUT2D eigenvalue weighted by Crippen LogP contribution is -2.59. The molecule has 0 spiro atoms. The molecule has 0 amide bonds. The minimum Gasteiger partial charge on any atom is -0.457 e. The molecule has 0 saturated carbocycles. The van der Waals surface area contributed by atoms with Gasteiger partial charge >= 0.3 is 5.97 Å². The Labute approximate surface area is 362 Å². The lowest BCUT2D eigenvalue weighted by molar-refractivity contribution is -0.305. The van der Waals surface area contributed by atoms with E-state index in [1.54, 1.807) is 0 Å². The topological polar surface area (TPSA) is 135 Å². The number of esters is 1. The second-order valence-electron chi connectivity index (χ2n) is 17.3. The molecule has 6 unspecified atom stereocenters. The van der Waals surface area contributed by atoms with Gasteiger partial charge in [-0.15, -0.1) is 0 Å². The number of allylic oxidation sites excluding steroid dienone is 4. The van der Waals surface area contributed by atoms with Crippen LogP contribution in [0.15, 0.2) is 24.3 Å². The molecule has 1 saturated heterocycles. The van der Waals surface area contributed by atoms with Gasteiger partial charge in [-0.05, 0) is 64.2 Å². The van der Waals surface area contributed by atoms with E-state index in [1.165, 1.54) is 161 Å². The van der Waals surface area contributed by atoms with Gasteiger partial charge in [0.2, 0.25) is 0 Å². The van der Waals surface area contributed by atoms with Crippen molar-refractivity contribution < 1.29 is 44.2 Å². The van der Waals surface area contributed by atoms with E-state index in [0.29, 0.717) is 13.0 Å². The van der Waals surface area contributed by atoms with Crippen LogP contribution < -0.4 is 0 Å². The molecule has 1 aliphatic heterocycles. The number of unbranched alkanes of at least 4 members (excludes halogenated alkanes) is 28.